The van der Waals surface area contributed by atoms with Gasteiger partial charge in [0.25, 0.3) is 0 Å². The molecule has 7 heteroatoms. The zero-order valence-electron chi connectivity index (χ0n) is 9.94. The van der Waals surface area contributed by atoms with Gasteiger partial charge in [0, 0.05) is 12.1 Å². The molecule has 5 nitrogen and oxygen atoms in total. The third kappa shape index (κ3) is 4.08. The Bertz CT molecular complexity index is 543. The molecular formula is C11H15FN2O3S. The van der Waals surface area contributed by atoms with E-state index in [0.717, 1.165) is 25.0 Å². The van der Waals surface area contributed by atoms with Crippen LogP contribution < -0.4 is 10.5 Å². The highest BCUT2D eigenvalue weighted by Gasteiger charge is 2.14. The molecule has 1 aromatic carbocycles. The molecule has 1 rings (SSSR count). The molecule has 1 amide bonds. The molecule has 3 N–H and O–H groups in total. The average Bonchev–Trinajstić information content (AvgIpc) is 2.24. The van der Waals surface area contributed by atoms with Crippen LogP contribution in [0, 0.1) is 5.82 Å². The van der Waals surface area contributed by atoms with Crippen molar-refractivity contribution in [3.05, 3.63) is 24.0 Å². The summed E-state index contributed by atoms with van der Waals surface area (Å²) < 4.78 is 35.4. The standard InChI is InChI=1S/C11H15FN2O3S/c1-2-3-4-11(15)14-8-5-6-10(9(12)7-8)18(13,16)17/h5-7H,2-4H2,1H3,(H,14,15)(H2,13,16,17). The maximum Gasteiger partial charge on any atom is 0.240 e. The highest BCUT2D eigenvalue weighted by Crippen LogP contribution is 2.18. The van der Waals surface area contributed by atoms with Crippen LogP contribution in [0.1, 0.15) is 26.2 Å². The van der Waals surface area contributed by atoms with Crippen molar-refractivity contribution in [3.8, 4) is 0 Å². The van der Waals surface area contributed by atoms with Crippen molar-refractivity contribution in [2.75, 3.05) is 5.32 Å². The largest absolute Gasteiger partial charge is 0.326 e. The van der Waals surface area contributed by atoms with E-state index in [-0.39, 0.29) is 11.6 Å². The van der Waals surface area contributed by atoms with Gasteiger partial charge in [-0.3, -0.25) is 4.79 Å². The SMILES string of the molecule is CCCCC(=O)Nc1ccc(S(N)(=O)=O)c(F)c1. The molecule has 0 bridgehead atoms. The monoisotopic (exact) mass is 274 g/mol. The first-order chi connectivity index (χ1) is 8.34. The molecule has 0 aliphatic heterocycles. The van der Waals surface area contributed by atoms with E-state index in [1.807, 2.05) is 6.92 Å². The number of amides is 1. The predicted octanol–water partition coefficient (Wildman–Crippen LogP) is 1.60. The number of benzene rings is 1. The summed E-state index contributed by atoms with van der Waals surface area (Å²) in [5.41, 5.74) is 0.209. The molecule has 0 fully saturated rings. The Kier molecular flexibility index (Phi) is 4.80. The Morgan fingerprint density at radius 2 is 2.11 bits per heavy atom. The Morgan fingerprint density at radius 3 is 2.61 bits per heavy atom. The summed E-state index contributed by atoms with van der Waals surface area (Å²) in [5.74, 6) is -1.22. The fourth-order valence-corrected chi connectivity index (χ4v) is 1.96. The summed E-state index contributed by atoms with van der Waals surface area (Å²) >= 11 is 0. The lowest BCUT2D eigenvalue weighted by Gasteiger charge is -2.06. The van der Waals surface area contributed by atoms with Gasteiger partial charge >= 0.3 is 0 Å². The van der Waals surface area contributed by atoms with Gasteiger partial charge in [0.2, 0.25) is 15.9 Å². The molecule has 0 aromatic heterocycles. The van der Waals surface area contributed by atoms with Crippen LogP contribution in [-0.2, 0) is 14.8 Å². The van der Waals surface area contributed by atoms with E-state index in [4.69, 9.17) is 5.14 Å². The minimum absolute atomic E-state index is 0.209. The average molecular weight is 274 g/mol. The number of hydrogen-bond acceptors (Lipinski definition) is 3. The summed E-state index contributed by atoms with van der Waals surface area (Å²) in [5, 5.41) is 7.30. The van der Waals surface area contributed by atoms with Gasteiger partial charge in [-0.15, -0.1) is 0 Å². The number of nitrogens with one attached hydrogen (secondary N) is 1. The van der Waals surface area contributed by atoms with Crippen molar-refractivity contribution in [1.29, 1.82) is 0 Å². The fourth-order valence-electron chi connectivity index (χ4n) is 1.37. The first-order valence-corrected chi connectivity index (χ1v) is 7.01. The van der Waals surface area contributed by atoms with Crippen molar-refractivity contribution in [2.45, 2.75) is 31.1 Å². The van der Waals surface area contributed by atoms with E-state index < -0.39 is 20.7 Å². The van der Waals surface area contributed by atoms with Crippen molar-refractivity contribution >= 4 is 21.6 Å². The third-order valence-electron chi connectivity index (χ3n) is 2.28. The summed E-state index contributed by atoms with van der Waals surface area (Å²) in [7, 11) is -4.08. The second-order valence-corrected chi connectivity index (χ2v) is 5.37. The minimum atomic E-state index is -4.08. The Labute approximate surface area is 105 Å². The maximum atomic E-state index is 13.4. The van der Waals surface area contributed by atoms with E-state index in [1.54, 1.807) is 0 Å². The molecule has 0 saturated heterocycles. The molecule has 18 heavy (non-hydrogen) atoms. The van der Waals surface area contributed by atoms with Crippen LogP contribution in [0.5, 0.6) is 0 Å². The van der Waals surface area contributed by atoms with Gasteiger partial charge in [0.05, 0.1) is 0 Å². The molecule has 0 aliphatic rings. The molecule has 0 unspecified atom stereocenters. The highest BCUT2D eigenvalue weighted by molar-refractivity contribution is 7.89. The second kappa shape index (κ2) is 5.92. The quantitative estimate of drug-likeness (QED) is 0.854. The van der Waals surface area contributed by atoms with E-state index >= 15 is 0 Å². The van der Waals surface area contributed by atoms with Gasteiger partial charge in [0.1, 0.15) is 10.7 Å². The molecular weight excluding hydrogens is 259 g/mol. The number of sulfonamides is 1. The van der Waals surface area contributed by atoms with Crippen LogP contribution in [0.25, 0.3) is 0 Å². The first-order valence-electron chi connectivity index (χ1n) is 5.46. The lowest BCUT2D eigenvalue weighted by Crippen LogP contribution is -2.15. The number of nitrogens with two attached hydrogens (primary N) is 1. The van der Waals surface area contributed by atoms with Crippen molar-refractivity contribution < 1.29 is 17.6 Å². The molecule has 0 aliphatic carbocycles. The van der Waals surface area contributed by atoms with Crippen molar-refractivity contribution in [2.24, 2.45) is 5.14 Å². The molecule has 0 radical (unpaired) electrons. The van der Waals surface area contributed by atoms with Gasteiger partial charge in [-0.25, -0.2) is 17.9 Å². The number of carbonyl (C=O) groups is 1. The van der Waals surface area contributed by atoms with Crippen molar-refractivity contribution in [3.63, 3.8) is 0 Å². The van der Waals surface area contributed by atoms with Crippen LogP contribution in [0.4, 0.5) is 10.1 Å². The number of primary sulfonamides is 1. The number of anilines is 1. The summed E-state index contributed by atoms with van der Waals surface area (Å²) in [6, 6.07) is 3.26. The van der Waals surface area contributed by atoms with Gasteiger partial charge in [-0.05, 0) is 24.6 Å². The Balaban J connectivity index is 2.82. The minimum Gasteiger partial charge on any atom is -0.326 e. The number of halogens is 1. The lowest BCUT2D eigenvalue weighted by molar-refractivity contribution is -0.116. The zero-order chi connectivity index (χ0) is 13.8. The predicted molar refractivity (Wildman–Crippen MR) is 65.9 cm³/mol. The van der Waals surface area contributed by atoms with Gasteiger partial charge in [-0.1, -0.05) is 13.3 Å². The highest BCUT2D eigenvalue weighted by atomic mass is 32.2. The van der Waals surface area contributed by atoms with Crippen LogP contribution >= 0.6 is 0 Å². The molecule has 1 aromatic rings. The van der Waals surface area contributed by atoms with Crippen LogP contribution in [0.2, 0.25) is 0 Å². The van der Waals surface area contributed by atoms with Gasteiger partial charge in [0.15, 0.2) is 0 Å². The Morgan fingerprint density at radius 1 is 1.44 bits per heavy atom. The summed E-state index contributed by atoms with van der Waals surface area (Å²) in [6.45, 7) is 1.95. The molecule has 0 heterocycles. The van der Waals surface area contributed by atoms with Crippen LogP contribution in [0.3, 0.4) is 0 Å². The number of hydrogen-bond donors (Lipinski definition) is 2. The third-order valence-corrected chi connectivity index (χ3v) is 3.22. The number of rotatable bonds is 5. The summed E-state index contributed by atoms with van der Waals surface area (Å²) in [4.78, 5) is 10.8. The van der Waals surface area contributed by atoms with Gasteiger partial charge in [-0.2, -0.15) is 0 Å². The number of unbranched alkanes of at least 4 members (excludes halogenated alkanes) is 1. The van der Waals surface area contributed by atoms with Gasteiger partial charge < -0.3 is 5.32 Å². The van der Waals surface area contributed by atoms with Crippen LogP contribution in [-0.4, -0.2) is 14.3 Å². The second-order valence-electron chi connectivity index (χ2n) is 3.84. The molecule has 0 spiro atoms. The van der Waals surface area contributed by atoms with E-state index in [0.29, 0.717) is 6.42 Å². The van der Waals surface area contributed by atoms with Crippen molar-refractivity contribution in [1.82, 2.24) is 0 Å². The molecule has 0 atom stereocenters. The lowest BCUT2D eigenvalue weighted by atomic mass is 10.2. The first kappa shape index (κ1) is 14.6. The topological polar surface area (TPSA) is 89.3 Å². The molecule has 0 saturated carbocycles. The summed E-state index contributed by atoms with van der Waals surface area (Å²) in [6.07, 6.45) is 1.96. The van der Waals surface area contributed by atoms with E-state index in [1.165, 1.54) is 6.07 Å². The Hall–Kier alpha value is -1.47. The van der Waals surface area contributed by atoms with Crippen LogP contribution in [0.15, 0.2) is 23.1 Å². The number of carbonyl (C=O) groups excluding carboxylic acids is 1. The normalized spacial score (nSPS) is 11.3. The molecule has 100 valence electrons. The fraction of sp³-hybridized carbons (Fsp3) is 0.364. The van der Waals surface area contributed by atoms with E-state index in [2.05, 4.69) is 5.32 Å². The smallest absolute Gasteiger partial charge is 0.240 e. The maximum absolute atomic E-state index is 13.4. The zero-order valence-corrected chi connectivity index (χ0v) is 10.8. The van der Waals surface area contributed by atoms with E-state index in [9.17, 15) is 17.6 Å².